The van der Waals surface area contributed by atoms with Gasteiger partial charge in [-0.2, -0.15) is 0 Å². The summed E-state index contributed by atoms with van der Waals surface area (Å²) < 4.78 is 10.9. The van der Waals surface area contributed by atoms with Crippen LogP contribution in [0.3, 0.4) is 0 Å². The average Bonchev–Trinajstić information content (AvgIpc) is 2.86. The van der Waals surface area contributed by atoms with E-state index in [0.717, 1.165) is 51.5 Å². The van der Waals surface area contributed by atoms with Gasteiger partial charge in [-0.3, -0.25) is 4.90 Å². The van der Waals surface area contributed by atoms with E-state index >= 15 is 0 Å². The number of hydrogen-bond acceptors (Lipinski definition) is 5. The summed E-state index contributed by atoms with van der Waals surface area (Å²) in [6.07, 6.45) is 3.55. The first-order valence-corrected chi connectivity index (χ1v) is 12.8. The highest BCUT2D eigenvalue weighted by Crippen LogP contribution is 2.32. The summed E-state index contributed by atoms with van der Waals surface area (Å²) in [5, 5.41) is 3.41. The largest absolute Gasteiger partial charge is 0.493 e. The minimum Gasteiger partial charge on any atom is -0.493 e. The molecule has 5 heteroatoms. The van der Waals surface area contributed by atoms with E-state index < -0.39 is 0 Å². The predicted octanol–water partition coefficient (Wildman–Crippen LogP) is 4.80. The Kier molecular flexibility index (Phi) is 8.63. The topological polar surface area (TPSA) is 50.8 Å². The molecule has 0 spiro atoms. The highest BCUT2D eigenvalue weighted by molar-refractivity contribution is 5.89. The van der Waals surface area contributed by atoms with Gasteiger partial charge in [-0.25, -0.2) is 4.79 Å². The van der Waals surface area contributed by atoms with Crippen molar-refractivity contribution in [1.29, 1.82) is 0 Å². The van der Waals surface area contributed by atoms with Crippen LogP contribution in [0.2, 0.25) is 0 Å². The van der Waals surface area contributed by atoms with Gasteiger partial charge < -0.3 is 14.8 Å². The minimum atomic E-state index is -0.282. The van der Waals surface area contributed by atoms with Crippen LogP contribution in [0.5, 0.6) is 5.75 Å². The van der Waals surface area contributed by atoms with Gasteiger partial charge in [0.05, 0.1) is 19.3 Å². The molecule has 0 bridgehead atoms. The van der Waals surface area contributed by atoms with Gasteiger partial charge in [-0.1, -0.05) is 38.1 Å². The van der Waals surface area contributed by atoms with Crippen molar-refractivity contribution in [1.82, 2.24) is 10.2 Å². The summed E-state index contributed by atoms with van der Waals surface area (Å²) in [6, 6.07) is 16.6. The Morgan fingerprint density at radius 3 is 2.18 bits per heavy atom. The summed E-state index contributed by atoms with van der Waals surface area (Å²) >= 11 is 0. The predicted molar refractivity (Wildman–Crippen MR) is 136 cm³/mol. The van der Waals surface area contributed by atoms with E-state index in [2.05, 4.69) is 48.3 Å². The van der Waals surface area contributed by atoms with Crippen molar-refractivity contribution in [3.05, 3.63) is 65.2 Å². The number of ether oxygens (including phenoxy) is 2. The number of hydrogen-bond donors (Lipinski definition) is 1. The Bertz CT molecular complexity index is 894. The molecule has 0 saturated carbocycles. The summed E-state index contributed by atoms with van der Waals surface area (Å²) in [5.74, 6) is 3.34. The van der Waals surface area contributed by atoms with Crippen LogP contribution in [0.25, 0.3) is 0 Å². The Morgan fingerprint density at radius 2 is 1.56 bits per heavy atom. The maximum atomic E-state index is 11.7. The maximum Gasteiger partial charge on any atom is 0.337 e. The second-order valence-electron chi connectivity index (χ2n) is 10.4. The molecule has 2 aromatic rings. The number of benzene rings is 2. The number of carbonyl (C=O) groups is 1. The fourth-order valence-electron chi connectivity index (χ4n) is 5.63. The van der Waals surface area contributed by atoms with Crippen LogP contribution in [0, 0.1) is 23.7 Å². The highest BCUT2D eigenvalue weighted by atomic mass is 16.5. The monoisotopic (exact) mass is 464 g/mol. The quantitative estimate of drug-likeness (QED) is 0.569. The van der Waals surface area contributed by atoms with Gasteiger partial charge in [-0.15, -0.1) is 0 Å². The van der Waals surface area contributed by atoms with Gasteiger partial charge in [0.15, 0.2) is 0 Å². The third-order valence-corrected chi connectivity index (χ3v) is 7.67. The lowest BCUT2D eigenvalue weighted by Gasteiger charge is -2.41. The maximum absolute atomic E-state index is 11.7. The number of carbonyl (C=O) groups excluding carboxylic acids is 1. The lowest BCUT2D eigenvalue weighted by atomic mass is 9.76. The molecule has 2 aliphatic heterocycles. The van der Waals surface area contributed by atoms with Gasteiger partial charge in [0, 0.05) is 19.6 Å². The van der Waals surface area contributed by atoms with Gasteiger partial charge >= 0.3 is 5.97 Å². The Labute approximate surface area is 204 Å². The number of methoxy groups -OCH3 is 1. The summed E-state index contributed by atoms with van der Waals surface area (Å²) in [6.45, 7) is 11.0. The molecule has 5 nitrogen and oxygen atoms in total. The molecule has 34 heavy (non-hydrogen) atoms. The molecular weight excluding hydrogens is 424 g/mol. The molecule has 1 unspecified atom stereocenters. The van der Waals surface area contributed by atoms with E-state index in [1.807, 2.05) is 24.3 Å². The second-order valence-corrected chi connectivity index (χ2v) is 10.4. The van der Waals surface area contributed by atoms with Gasteiger partial charge in [0.25, 0.3) is 0 Å². The Hall–Kier alpha value is -2.37. The molecule has 0 amide bonds. The number of rotatable bonds is 8. The van der Waals surface area contributed by atoms with E-state index in [-0.39, 0.29) is 5.97 Å². The Morgan fingerprint density at radius 1 is 0.941 bits per heavy atom. The molecule has 0 aliphatic carbocycles. The van der Waals surface area contributed by atoms with Crippen molar-refractivity contribution in [2.75, 3.05) is 39.9 Å². The van der Waals surface area contributed by atoms with Crippen LogP contribution in [-0.4, -0.2) is 50.8 Å². The first-order valence-electron chi connectivity index (χ1n) is 12.8. The fraction of sp³-hybridized carbons (Fsp3) is 0.552. The van der Waals surface area contributed by atoms with Crippen molar-refractivity contribution in [2.24, 2.45) is 23.7 Å². The molecule has 184 valence electrons. The molecule has 3 atom stereocenters. The normalized spacial score (nSPS) is 24.0. The zero-order valence-corrected chi connectivity index (χ0v) is 21.0. The van der Waals surface area contributed by atoms with Gasteiger partial charge in [-0.05, 0) is 91.4 Å². The van der Waals surface area contributed by atoms with Crippen molar-refractivity contribution in [3.8, 4) is 5.75 Å². The standard InChI is InChI=1S/C29H40N2O3/c1-21-17-31(19-24-4-8-26(9-5-24)29(32)33-3)18-22(2)28(21)16-23-6-10-27(11-7-23)34-20-25-12-14-30-15-13-25/h4-11,21-22,25,28,30H,12-20H2,1-3H3/t21-,22+,28?. The molecular formula is C29H40N2O3. The summed E-state index contributed by atoms with van der Waals surface area (Å²) in [7, 11) is 1.42. The lowest BCUT2D eigenvalue weighted by molar-refractivity contribution is 0.0600. The second kappa shape index (κ2) is 11.9. The summed E-state index contributed by atoms with van der Waals surface area (Å²) in [4.78, 5) is 14.2. The molecule has 2 heterocycles. The molecule has 2 fully saturated rings. The van der Waals surface area contributed by atoms with Crippen LogP contribution in [0.1, 0.15) is 48.2 Å². The third kappa shape index (κ3) is 6.61. The number of nitrogens with one attached hydrogen (secondary N) is 1. The van der Waals surface area contributed by atoms with Crippen molar-refractivity contribution >= 4 is 5.97 Å². The van der Waals surface area contributed by atoms with Crippen LogP contribution in [-0.2, 0) is 17.7 Å². The van der Waals surface area contributed by atoms with E-state index in [0.29, 0.717) is 29.2 Å². The first kappa shape index (κ1) is 24.7. The van der Waals surface area contributed by atoms with Crippen LogP contribution in [0.15, 0.2) is 48.5 Å². The van der Waals surface area contributed by atoms with Crippen LogP contribution in [0.4, 0.5) is 0 Å². The highest BCUT2D eigenvalue weighted by Gasteiger charge is 2.31. The zero-order chi connectivity index (χ0) is 23.9. The molecule has 2 saturated heterocycles. The molecule has 1 N–H and O–H groups in total. The fourth-order valence-corrected chi connectivity index (χ4v) is 5.63. The van der Waals surface area contributed by atoms with Gasteiger partial charge in [0.2, 0.25) is 0 Å². The molecule has 0 aromatic heterocycles. The molecule has 2 aliphatic rings. The Balaban J connectivity index is 1.26. The molecule has 2 aromatic carbocycles. The number of piperidine rings is 2. The lowest BCUT2D eigenvalue weighted by Crippen LogP contribution is -2.44. The van der Waals surface area contributed by atoms with Crippen LogP contribution >= 0.6 is 0 Å². The van der Waals surface area contributed by atoms with Crippen molar-refractivity contribution in [3.63, 3.8) is 0 Å². The number of nitrogens with zero attached hydrogens (tertiary/aromatic N) is 1. The molecule has 4 rings (SSSR count). The van der Waals surface area contributed by atoms with E-state index in [9.17, 15) is 4.79 Å². The van der Waals surface area contributed by atoms with E-state index in [4.69, 9.17) is 9.47 Å². The molecule has 0 radical (unpaired) electrons. The number of esters is 1. The van der Waals surface area contributed by atoms with Crippen molar-refractivity contribution in [2.45, 2.75) is 39.7 Å². The minimum absolute atomic E-state index is 0.282. The number of likely N-dealkylation sites (tertiary alicyclic amines) is 1. The first-order chi connectivity index (χ1) is 16.5. The smallest absolute Gasteiger partial charge is 0.337 e. The SMILES string of the molecule is COC(=O)c1ccc(CN2C[C@@H](C)C(Cc3ccc(OCC4CCNCC4)cc3)[C@@H](C)C2)cc1. The average molecular weight is 465 g/mol. The summed E-state index contributed by atoms with van der Waals surface area (Å²) in [5.41, 5.74) is 3.25. The van der Waals surface area contributed by atoms with E-state index in [1.54, 1.807) is 0 Å². The van der Waals surface area contributed by atoms with Crippen molar-refractivity contribution < 1.29 is 14.3 Å². The zero-order valence-electron chi connectivity index (χ0n) is 21.0. The van der Waals surface area contributed by atoms with Crippen LogP contribution < -0.4 is 10.1 Å². The third-order valence-electron chi connectivity index (χ3n) is 7.67. The van der Waals surface area contributed by atoms with E-state index in [1.165, 1.54) is 31.1 Å². The van der Waals surface area contributed by atoms with Gasteiger partial charge in [0.1, 0.15) is 5.75 Å².